The van der Waals surface area contributed by atoms with Crippen LogP contribution < -0.4 is 0 Å². The molecule has 0 bridgehead atoms. The maximum absolute atomic E-state index is 12.5. The maximum atomic E-state index is 12.5. The molecule has 0 atom stereocenters. The average Bonchev–Trinajstić information content (AvgIpc) is 2.03. The second-order valence-electron chi connectivity index (χ2n) is 2.42. The summed E-state index contributed by atoms with van der Waals surface area (Å²) in [6.07, 6.45) is 0. The van der Waals surface area contributed by atoms with Crippen LogP contribution >= 0.6 is 0 Å². The van der Waals surface area contributed by atoms with Gasteiger partial charge in [0, 0.05) is 5.92 Å². The molecular weight excluding hydrogens is 146 g/mol. The molecule has 59 valence electrons. The Bertz CT molecular complexity index is 233. The SMILES string of the molecule is C[C](CF)c1cccc(F)c1. The predicted molar refractivity (Wildman–Crippen MR) is 40.4 cm³/mol. The smallest absolute Gasteiger partial charge is 0.123 e. The minimum absolute atomic E-state index is 0.324. The lowest BCUT2D eigenvalue weighted by Crippen LogP contribution is -1.96. The van der Waals surface area contributed by atoms with Crippen molar-refractivity contribution in [2.45, 2.75) is 6.92 Å². The van der Waals surface area contributed by atoms with Crippen molar-refractivity contribution >= 4 is 0 Å². The molecule has 0 unspecified atom stereocenters. The molecule has 11 heavy (non-hydrogen) atoms. The topological polar surface area (TPSA) is 0 Å². The molecule has 0 aromatic heterocycles. The quantitative estimate of drug-likeness (QED) is 0.616. The number of halogens is 2. The van der Waals surface area contributed by atoms with Gasteiger partial charge in [0.15, 0.2) is 0 Å². The lowest BCUT2D eigenvalue weighted by molar-refractivity contribution is 0.515. The highest BCUT2D eigenvalue weighted by molar-refractivity contribution is 5.29. The molecule has 1 aromatic carbocycles. The third-order valence-electron chi connectivity index (χ3n) is 1.52. The molecule has 1 rings (SSSR count). The van der Waals surface area contributed by atoms with E-state index in [1.165, 1.54) is 12.1 Å². The first kappa shape index (κ1) is 8.18. The fourth-order valence-corrected chi connectivity index (χ4v) is 0.831. The Balaban J connectivity index is 2.86. The second kappa shape index (κ2) is 3.46. The molecule has 0 heterocycles. The molecular formula is C9H9F2. The normalized spacial score (nSPS) is 10.5. The molecule has 0 aliphatic heterocycles. The minimum atomic E-state index is -0.524. The van der Waals surface area contributed by atoms with Gasteiger partial charge in [-0.2, -0.15) is 0 Å². The van der Waals surface area contributed by atoms with Gasteiger partial charge in [-0.05, 0) is 17.7 Å². The van der Waals surface area contributed by atoms with Crippen molar-refractivity contribution < 1.29 is 8.78 Å². The Labute approximate surface area is 64.9 Å². The van der Waals surface area contributed by atoms with E-state index in [2.05, 4.69) is 0 Å². The van der Waals surface area contributed by atoms with E-state index in [-0.39, 0.29) is 5.82 Å². The molecule has 0 saturated heterocycles. The van der Waals surface area contributed by atoms with E-state index < -0.39 is 6.67 Å². The summed E-state index contributed by atoms with van der Waals surface area (Å²) in [5.74, 6) is 0.236. The zero-order valence-corrected chi connectivity index (χ0v) is 6.27. The molecule has 0 spiro atoms. The molecule has 0 fully saturated rings. The van der Waals surface area contributed by atoms with Crippen molar-refractivity contribution in [1.82, 2.24) is 0 Å². The van der Waals surface area contributed by atoms with Crippen molar-refractivity contribution in [1.29, 1.82) is 0 Å². The molecule has 0 aliphatic carbocycles. The molecule has 0 saturated carbocycles. The summed E-state index contributed by atoms with van der Waals surface area (Å²) >= 11 is 0. The van der Waals surface area contributed by atoms with E-state index in [0.717, 1.165) is 0 Å². The Kier molecular flexibility index (Phi) is 2.58. The molecule has 0 aliphatic rings. The highest BCUT2D eigenvalue weighted by Gasteiger charge is 2.05. The van der Waals surface area contributed by atoms with Gasteiger partial charge in [-0.1, -0.05) is 19.1 Å². The fraction of sp³-hybridized carbons (Fsp3) is 0.222. The van der Waals surface area contributed by atoms with Gasteiger partial charge in [-0.25, -0.2) is 4.39 Å². The summed E-state index contributed by atoms with van der Waals surface area (Å²) in [6, 6.07) is 5.94. The van der Waals surface area contributed by atoms with Gasteiger partial charge in [0.25, 0.3) is 0 Å². The molecule has 1 aromatic rings. The largest absolute Gasteiger partial charge is 0.250 e. The van der Waals surface area contributed by atoms with Gasteiger partial charge in [0.05, 0.1) is 6.67 Å². The first-order valence-corrected chi connectivity index (χ1v) is 3.38. The number of alkyl halides is 1. The summed E-state index contributed by atoms with van der Waals surface area (Å²) in [5.41, 5.74) is 0.632. The number of benzene rings is 1. The minimum Gasteiger partial charge on any atom is -0.250 e. The standard InChI is InChI=1S/C9H9F2/c1-7(6-10)8-3-2-4-9(11)5-8/h2-5H,6H2,1H3. The van der Waals surface area contributed by atoms with Gasteiger partial charge in [-0.3, -0.25) is 4.39 Å². The first-order chi connectivity index (χ1) is 5.24. The number of rotatable bonds is 2. The van der Waals surface area contributed by atoms with E-state index in [0.29, 0.717) is 11.5 Å². The summed E-state index contributed by atoms with van der Waals surface area (Å²) in [7, 11) is 0. The maximum Gasteiger partial charge on any atom is 0.123 e. The van der Waals surface area contributed by atoms with Crippen LogP contribution in [0.3, 0.4) is 0 Å². The van der Waals surface area contributed by atoms with Crippen LogP contribution in [0.15, 0.2) is 24.3 Å². The van der Waals surface area contributed by atoms with Crippen LogP contribution in [-0.2, 0) is 0 Å². The van der Waals surface area contributed by atoms with E-state index in [1.54, 1.807) is 19.1 Å². The fourth-order valence-electron chi connectivity index (χ4n) is 0.831. The Morgan fingerprint density at radius 2 is 2.18 bits per heavy atom. The zero-order chi connectivity index (χ0) is 8.27. The van der Waals surface area contributed by atoms with E-state index in [4.69, 9.17) is 0 Å². The third-order valence-corrected chi connectivity index (χ3v) is 1.52. The van der Waals surface area contributed by atoms with Crippen LogP contribution in [0.1, 0.15) is 12.5 Å². The van der Waals surface area contributed by atoms with Crippen molar-refractivity contribution in [2.24, 2.45) is 0 Å². The number of hydrogen-bond donors (Lipinski definition) is 0. The van der Waals surface area contributed by atoms with Gasteiger partial charge in [-0.15, -0.1) is 0 Å². The Hall–Kier alpha value is -0.920. The van der Waals surface area contributed by atoms with Crippen LogP contribution in [-0.4, -0.2) is 6.67 Å². The van der Waals surface area contributed by atoms with Crippen LogP contribution in [0.2, 0.25) is 0 Å². The van der Waals surface area contributed by atoms with Crippen LogP contribution in [0, 0.1) is 11.7 Å². The van der Waals surface area contributed by atoms with Crippen LogP contribution in [0.25, 0.3) is 0 Å². The van der Waals surface area contributed by atoms with E-state index >= 15 is 0 Å². The molecule has 0 N–H and O–H groups in total. The lowest BCUT2D eigenvalue weighted by Gasteiger charge is -2.04. The molecule has 1 radical (unpaired) electrons. The van der Waals surface area contributed by atoms with E-state index in [9.17, 15) is 8.78 Å². The van der Waals surface area contributed by atoms with Gasteiger partial charge in [0.2, 0.25) is 0 Å². The summed E-state index contributed by atoms with van der Waals surface area (Å²) in [6.45, 7) is 1.12. The Morgan fingerprint density at radius 3 is 2.73 bits per heavy atom. The predicted octanol–water partition coefficient (Wildman–Crippen LogP) is 2.74. The van der Waals surface area contributed by atoms with Crippen molar-refractivity contribution in [3.8, 4) is 0 Å². The lowest BCUT2D eigenvalue weighted by atomic mass is 10.0. The highest BCUT2D eigenvalue weighted by atomic mass is 19.1. The molecule has 2 heteroatoms. The summed E-state index contributed by atoms with van der Waals surface area (Å²) in [4.78, 5) is 0. The van der Waals surface area contributed by atoms with Crippen LogP contribution in [0.4, 0.5) is 8.78 Å². The summed E-state index contributed by atoms with van der Waals surface area (Å²) < 4.78 is 24.6. The van der Waals surface area contributed by atoms with Crippen molar-refractivity contribution in [3.05, 3.63) is 41.6 Å². The summed E-state index contributed by atoms with van der Waals surface area (Å²) in [5, 5.41) is 0. The molecule has 0 amide bonds. The first-order valence-electron chi connectivity index (χ1n) is 3.38. The van der Waals surface area contributed by atoms with Gasteiger partial charge >= 0.3 is 0 Å². The molecule has 0 nitrogen and oxygen atoms in total. The number of hydrogen-bond acceptors (Lipinski definition) is 0. The highest BCUT2D eigenvalue weighted by Crippen LogP contribution is 2.14. The van der Waals surface area contributed by atoms with Gasteiger partial charge in [0.1, 0.15) is 5.82 Å². The van der Waals surface area contributed by atoms with Crippen LogP contribution in [0.5, 0.6) is 0 Å². The second-order valence-corrected chi connectivity index (χ2v) is 2.42. The van der Waals surface area contributed by atoms with Crippen molar-refractivity contribution in [2.75, 3.05) is 6.67 Å². The monoisotopic (exact) mass is 155 g/mol. The van der Waals surface area contributed by atoms with Gasteiger partial charge < -0.3 is 0 Å². The Morgan fingerprint density at radius 1 is 1.45 bits per heavy atom. The van der Waals surface area contributed by atoms with E-state index in [1.807, 2.05) is 0 Å². The van der Waals surface area contributed by atoms with Crippen molar-refractivity contribution in [3.63, 3.8) is 0 Å². The zero-order valence-electron chi connectivity index (χ0n) is 6.27. The average molecular weight is 155 g/mol. The third kappa shape index (κ3) is 2.00.